The van der Waals surface area contributed by atoms with Crippen LogP contribution in [0, 0.1) is 17.5 Å². The Hall–Kier alpha value is -2.18. The van der Waals surface area contributed by atoms with Crippen molar-refractivity contribution in [3.63, 3.8) is 0 Å². The van der Waals surface area contributed by atoms with E-state index in [1.165, 1.54) is 0 Å². The van der Waals surface area contributed by atoms with Gasteiger partial charge < -0.3 is 14.8 Å². The fourth-order valence-corrected chi connectivity index (χ4v) is 1.90. The van der Waals surface area contributed by atoms with Crippen molar-refractivity contribution >= 4 is 11.6 Å². The lowest BCUT2D eigenvalue weighted by Crippen LogP contribution is -2.15. The average Bonchev–Trinajstić information content (AvgIpc) is 2.69. The van der Waals surface area contributed by atoms with E-state index in [1.807, 2.05) is 19.0 Å². The molecule has 0 bridgehead atoms. The number of benzene rings is 1. The molecular formula is C13H15F3N4. The van der Waals surface area contributed by atoms with Crippen molar-refractivity contribution in [2.75, 3.05) is 24.3 Å². The van der Waals surface area contributed by atoms with Crippen LogP contribution in [0.5, 0.6) is 0 Å². The van der Waals surface area contributed by atoms with E-state index in [1.54, 1.807) is 17.8 Å². The Balaban J connectivity index is 2.17. The lowest BCUT2D eigenvalue weighted by Gasteiger charge is -2.13. The molecule has 1 N–H and O–H groups in total. The zero-order chi connectivity index (χ0) is 14.9. The Kier molecular flexibility index (Phi) is 3.87. The molecule has 2 rings (SSSR count). The van der Waals surface area contributed by atoms with Crippen LogP contribution in [0.15, 0.2) is 18.3 Å². The smallest absolute Gasteiger partial charge is 0.204 e. The van der Waals surface area contributed by atoms with E-state index in [0.717, 1.165) is 11.6 Å². The first-order valence-corrected chi connectivity index (χ1v) is 5.96. The first-order chi connectivity index (χ1) is 9.40. The van der Waals surface area contributed by atoms with Gasteiger partial charge in [-0.25, -0.2) is 18.2 Å². The van der Waals surface area contributed by atoms with Crippen LogP contribution in [0.25, 0.3) is 0 Å². The number of halogens is 3. The molecule has 0 spiro atoms. The van der Waals surface area contributed by atoms with Crippen LogP contribution in [-0.2, 0) is 13.6 Å². The highest BCUT2D eigenvalue weighted by atomic mass is 19.1. The van der Waals surface area contributed by atoms with E-state index >= 15 is 0 Å². The van der Waals surface area contributed by atoms with Gasteiger partial charge in [-0.3, -0.25) is 0 Å². The van der Waals surface area contributed by atoms with Gasteiger partial charge in [0.15, 0.2) is 11.6 Å². The molecule has 1 heterocycles. The number of rotatable bonds is 4. The number of aromatic nitrogens is 2. The van der Waals surface area contributed by atoms with Crippen molar-refractivity contribution in [3.05, 3.63) is 41.5 Å². The Morgan fingerprint density at radius 1 is 1.20 bits per heavy atom. The molecule has 20 heavy (non-hydrogen) atoms. The van der Waals surface area contributed by atoms with E-state index in [4.69, 9.17) is 0 Å². The molecule has 4 nitrogen and oxygen atoms in total. The molecule has 2 aromatic rings. The summed E-state index contributed by atoms with van der Waals surface area (Å²) in [6, 6.07) is 1.28. The summed E-state index contributed by atoms with van der Waals surface area (Å²) in [5.41, 5.74) is 0.399. The van der Waals surface area contributed by atoms with E-state index in [-0.39, 0.29) is 12.2 Å². The molecule has 0 fully saturated rings. The Bertz CT molecular complexity index is 599. The minimum absolute atomic E-state index is 0.177. The number of imidazole rings is 1. The summed E-state index contributed by atoms with van der Waals surface area (Å²) in [6.45, 7) is 0.177. The maximum atomic E-state index is 13.5. The quantitative estimate of drug-likeness (QED) is 0.936. The molecule has 0 aliphatic carbocycles. The minimum Gasteiger partial charge on any atom is -0.375 e. The lowest BCUT2D eigenvalue weighted by molar-refractivity contribution is 0.547. The summed E-state index contributed by atoms with van der Waals surface area (Å²) in [6.07, 6.45) is 1.61. The van der Waals surface area contributed by atoms with Crippen LogP contribution in [0.3, 0.4) is 0 Å². The van der Waals surface area contributed by atoms with Crippen LogP contribution in [0.4, 0.5) is 24.8 Å². The van der Waals surface area contributed by atoms with Crippen LogP contribution in [-0.4, -0.2) is 23.6 Å². The summed E-state index contributed by atoms with van der Waals surface area (Å²) in [5, 5.41) is 2.62. The van der Waals surface area contributed by atoms with Crippen LogP contribution < -0.4 is 10.2 Å². The zero-order valence-electron chi connectivity index (χ0n) is 11.4. The Morgan fingerprint density at radius 3 is 2.30 bits per heavy atom. The number of hydrogen-bond acceptors (Lipinski definition) is 3. The molecule has 0 saturated heterocycles. The Labute approximate surface area is 114 Å². The van der Waals surface area contributed by atoms with Gasteiger partial charge in [-0.1, -0.05) is 0 Å². The molecule has 0 aliphatic rings. The zero-order valence-corrected chi connectivity index (χ0v) is 11.4. The predicted molar refractivity (Wildman–Crippen MR) is 71.2 cm³/mol. The first-order valence-electron chi connectivity index (χ1n) is 5.96. The van der Waals surface area contributed by atoms with E-state index in [0.29, 0.717) is 12.1 Å². The van der Waals surface area contributed by atoms with Crippen molar-refractivity contribution < 1.29 is 13.2 Å². The van der Waals surface area contributed by atoms with Crippen molar-refractivity contribution in [1.82, 2.24) is 9.55 Å². The summed E-state index contributed by atoms with van der Waals surface area (Å²) in [7, 11) is 5.49. The van der Waals surface area contributed by atoms with Crippen molar-refractivity contribution in [1.29, 1.82) is 0 Å². The number of nitrogens with one attached hydrogen (secondary N) is 1. The highest BCUT2D eigenvalue weighted by molar-refractivity contribution is 5.47. The highest BCUT2D eigenvalue weighted by Gasteiger charge is 2.13. The van der Waals surface area contributed by atoms with Gasteiger partial charge in [0.25, 0.3) is 0 Å². The fraction of sp³-hybridized carbons (Fsp3) is 0.308. The summed E-state index contributed by atoms with van der Waals surface area (Å²) in [5.74, 6) is -2.14. The second-order valence-corrected chi connectivity index (χ2v) is 4.60. The maximum absolute atomic E-state index is 13.5. The van der Waals surface area contributed by atoms with Gasteiger partial charge in [0.1, 0.15) is 11.5 Å². The van der Waals surface area contributed by atoms with Crippen LogP contribution in [0.1, 0.15) is 5.69 Å². The standard InChI is InChI=1S/C13H15F3N4/c1-19(2)13-18-7-9(20(13)3)6-17-12-10(15)4-8(14)5-11(12)16/h4-5,7,17H,6H2,1-3H3. The van der Waals surface area contributed by atoms with Crippen molar-refractivity contribution in [2.45, 2.75) is 6.54 Å². The largest absolute Gasteiger partial charge is 0.375 e. The third kappa shape index (κ3) is 2.71. The SMILES string of the molecule is CN(C)c1ncc(CNc2c(F)cc(F)cc2F)n1C. The van der Waals surface area contributed by atoms with Gasteiger partial charge in [-0.05, 0) is 0 Å². The fourth-order valence-electron chi connectivity index (χ4n) is 1.90. The molecule has 0 atom stereocenters. The van der Waals surface area contributed by atoms with Gasteiger partial charge >= 0.3 is 0 Å². The van der Waals surface area contributed by atoms with Gasteiger partial charge in [-0.15, -0.1) is 0 Å². The first kappa shape index (κ1) is 14.2. The van der Waals surface area contributed by atoms with Crippen molar-refractivity contribution in [3.8, 4) is 0 Å². The molecular weight excluding hydrogens is 269 g/mol. The molecule has 0 aliphatic heterocycles. The third-order valence-corrected chi connectivity index (χ3v) is 2.91. The number of hydrogen-bond donors (Lipinski definition) is 1. The second-order valence-electron chi connectivity index (χ2n) is 4.60. The number of nitrogens with zero attached hydrogens (tertiary/aromatic N) is 3. The molecule has 0 unspecified atom stereocenters. The lowest BCUT2D eigenvalue weighted by atomic mass is 10.2. The Morgan fingerprint density at radius 2 is 1.80 bits per heavy atom. The topological polar surface area (TPSA) is 33.1 Å². The molecule has 1 aromatic heterocycles. The second kappa shape index (κ2) is 5.44. The van der Waals surface area contributed by atoms with Crippen LogP contribution in [0.2, 0.25) is 0 Å². The van der Waals surface area contributed by atoms with E-state index in [9.17, 15) is 13.2 Å². The van der Waals surface area contributed by atoms with Gasteiger partial charge in [-0.2, -0.15) is 0 Å². The summed E-state index contributed by atoms with van der Waals surface area (Å²) >= 11 is 0. The number of anilines is 2. The summed E-state index contributed by atoms with van der Waals surface area (Å²) < 4.78 is 41.5. The molecule has 7 heteroatoms. The summed E-state index contributed by atoms with van der Waals surface area (Å²) in [4.78, 5) is 6.01. The van der Waals surface area contributed by atoms with Crippen LogP contribution >= 0.6 is 0 Å². The van der Waals surface area contributed by atoms with Gasteiger partial charge in [0.05, 0.1) is 18.4 Å². The molecule has 108 valence electrons. The van der Waals surface area contributed by atoms with Gasteiger partial charge in [0, 0.05) is 33.3 Å². The molecule has 0 amide bonds. The molecule has 1 aromatic carbocycles. The average molecular weight is 284 g/mol. The minimum atomic E-state index is -0.961. The van der Waals surface area contributed by atoms with Crippen molar-refractivity contribution in [2.24, 2.45) is 7.05 Å². The normalized spacial score (nSPS) is 10.7. The molecule has 0 radical (unpaired) electrons. The highest BCUT2D eigenvalue weighted by Crippen LogP contribution is 2.21. The predicted octanol–water partition coefficient (Wildman–Crippen LogP) is 2.52. The monoisotopic (exact) mass is 284 g/mol. The van der Waals surface area contributed by atoms with Gasteiger partial charge in [0.2, 0.25) is 5.95 Å². The maximum Gasteiger partial charge on any atom is 0.204 e. The van der Waals surface area contributed by atoms with E-state index in [2.05, 4.69) is 10.3 Å². The third-order valence-electron chi connectivity index (χ3n) is 2.91. The van der Waals surface area contributed by atoms with E-state index < -0.39 is 17.5 Å². The molecule has 0 saturated carbocycles.